The molecule has 1 unspecified atom stereocenters. The maximum absolute atomic E-state index is 10.9. The van der Waals surface area contributed by atoms with Crippen molar-refractivity contribution in [3.05, 3.63) is 41.1 Å². The minimum absolute atomic E-state index is 0.383. The Morgan fingerprint density at radius 1 is 1.45 bits per heavy atom. The Kier molecular flexibility index (Phi) is 4.42. The molecule has 1 heterocycles. The third-order valence-electron chi connectivity index (χ3n) is 3.12. The van der Waals surface area contributed by atoms with E-state index in [-0.39, 0.29) is 0 Å². The Labute approximate surface area is 121 Å². The zero-order valence-electron chi connectivity index (χ0n) is 11.2. The molecule has 1 aromatic heterocycles. The van der Waals surface area contributed by atoms with Gasteiger partial charge in [0.05, 0.1) is 6.54 Å². The number of carboxylic acids is 1. The number of nitrogens with zero attached hydrogens (tertiary/aromatic N) is 2. The van der Waals surface area contributed by atoms with E-state index >= 15 is 0 Å². The van der Waals surface area contributed by atoms with Gasteiger partial charge in [-0.2, -0.15) is 0 Å². The molecule has 5 nitrogen and oxygen atoms in total. The summed E-state index contributed by atoms with van der Waals surface area (Å²) in [5.41, 5.74) is 1.60. The van der Waals surface area contributed by atoms with E-state index in [4.69, 9.17) is 21.2 Å². The topological polar surface area (TPSA) is 66.6 Å². The van der Waals surface area contributed by atoms with Gasteiger partial charge in [0.2, 0.25) is 0 Å². The Hall–Kier alpha value is -1.85. The van der Waals surface area contributed by atoms with Crippen LogP contribution in [0.5, 0.6) is 0 Å². The van der Waals surface area contributed by atoms with Gasteiger partial charge < -0.3 is 9.63 Å². The van der Waals surface area contributed by atoms with Crippen LogP contribution in [0.1, 0.15) is 12.7 Å². The van der Waals surface area contributed by atoms with E-state index < -0.39 is 12.0 Å². The molecule has 0 spiro atoms. The van der Waals surface area contributed by atoms with Crippen molar-refractivity contribution in [3.63, 3.8) is 0 Å². The van der Waals surface area contributed by atoms with Crippen molar-refractivity contribution in [2.45, 2.75) is 19.5 Å². The van der Waals surface area contributed by atoms with Gasteiger partial charge in [0.15, 0.2) is 5.76 Å². The third kappa shape index (κ3) is 3.37. The molecule has 106 valence electrons. The maximum atomic E-state index is 10.9. The highest BCUT2D eigenvalue weighted by Crippen LogP contribution is 2.22. The number of rotatable bonds is 5. The molecule has 20 heavy (non-hydrogen) atoms. The van der Waals surface area contributed by atoms with E-state index in [0.29, 0.717) is 23.0 Å². The highest BCUT2D eigenvalue weighted by atomic mass is 35.5. The minimum Gasteiger partial charge on any atom is -0.480 e. The monoisotopic (exact) mass is 294 g/mol. The van der Waals surface area contributed by atoms with Crippen LogP contribution in [0.3, 0.4) is 0 Å². The molecule has 2 rings (SSSR count). The SMILES string of the molecule is CC(C(=O)O)N(C)Cc1cc(-c2ccc(Cl)cc2)no1. The average Bonchev–Trinajstić information content (AvgIpc) is 2.87. The molecule has 0 amide bonds. The van der Waals surface area contributed by atoms with E-state index in [9.17, 15) is 4.79 Å². The standard InChI is InChI=1S/C14H15ClN2O3/c1-9(14(18)19)17(2)8-12-7-13(16-20-12)10-3-5-11(15)6-4-10/h3-7,9H,8H2,1-2H3,(H,18,19). The van der Waals surface area contributed by atoms with Gasteiger partial charge in [0.25, 0.3) is 0 Å². The van der Waals surface area contributed by atoms with Crippen molar-refractivity contribution in [1.29, 1.82) is 0 Å². The number of halogens is 1. The fourth-order valence-electron chi connectivity index (χ4n) is 1.72. The van der Waals surface area contributed by atoms with Crippen LogP contribution in [0, 0.1) is 0 Å². The molecule has 0 saturated heterocycles. The van der Waals surface area contributed by atoms with Gasteiger partial charge in [0.1, 0.15) is 11.7 Å². The molecule has 0 aliphatic heterocycles. The van der Waals surface area contributed by atoms with Gasteiger partial charge in [-0.25, -0.2) is 0 Å². The van der Waals surface area contributed by atoms with Gasteiger partial charge in [0, 0.05) is 16.7 Å². The van der Waals surface area contributed by atoms with Crippen molar-refractivity contribution in [2.24, 2.45) is 0 Å². The first kappa shape index (κ1) is 14.6. The Morgan fingerprint density at radius 3 is 2.70 bits per heavy atom. The molecular weight excluding hydrogens is 280 g/mol. The first-order valence-electron chi connectivity index (χ1n) is 6.12. The predicted octanol–water partition coefficient (Wildman–Crippen LogP) is 2.90. The van der Waals surface area contributed by atoms with Crippen molar-refractivity contribution in [2.75, 3.05) is 7.05 Å². The summed E-state index contributed by atoms with van der Waals surface area (Å²) in [5.74, 6) is -0.254. The van der Waals surface area contributed by atoms with Gasteiger partial charge in [-0.3, -0.25) is 9.69 Å². The number of hydrogen-bond donors (Lipinski definition) is 1. The molecule has 2 aromatic rings. The smallest absolute Gasteiger partial charge is 0.320 e. The number of aromatic nitrogens is 1. The highest BCUT2D eigenvalue weighted by Gasteiger charge is 2.18. The Bertz CT molecular complexity index is 595. The molecule has 0 fully saturated rings. The van der Waals surface area contributed by atoms with Crippen LogP contribution in [-0.4, -0.2) is 34.2 Å². The fourth-order valence-corrected chi connectivity index (χ4v) is 1.84. The number of aliphatic carboxylic acids is 1. The summed E-state index contributed by atoms with van der Waals surface area (Å²) in [4.78, 5) is 12.6. The molecule has 0 aliphatic rings. The van der Waals surface area contributed by atoms with Crippen LogP contribution in [0.4, 0.5) is 0 Å². The van der Waals surface area contributed by atoms with Crippen molar-refractivity contribution < 1.29 is 14.4 Å². The molecule has 1 atom stereocenters. The summed E-state index contributed by atoms with van der Waals surface area (Å²) in [6.07, 6.45) is 0. The number of carbonyl (C=O) groups is 1. The molecule has 0 saturated carbocycles. The van der Waals surface area contributed by atoms with Gasteiger partial charge in [-0.05, 0) is 26.1 Å². The van der Waals surface area contributed by atoms with Crippen LogP contribution < -0.4 is 0 Å². The Balaban J connectivity index is 2.09. The number of likely N-dealkylation sites (N-methyl/N-ethyl adjacent to an activating group) is 1. The quantitative estimate of drug-likeness (QED) is 0.918. The van der Waals surface area contributed by atoms with E-state index in [1.807, 2.05) is 12.1 Å². The van der Waals surface area contributed by atoms with Crippen LogP contribution in [0.25, 0.3) is 11.3 Å². The predicted molar refractivity (Wildman–Crippen MR) is 75.5 cm³/mol. The van der Waals surface area contributed by atoms with Gasteiger partial charge in [-0.1, -0.05) is 28.9 Å². The van der Waals surface area contributed by atoms with E-state index in [1.54, 1.807) is 37.1 Å². The van der Waals surface area contributed by atoms with Crippen molar-refractivity contribution >= 4 is 17.6 Å². The van der Waals surface area contributed by atoms with E-state index in [2.05, 4.69) is 5.16 Å². The number of hydrogen-bond acceptors (Lipinski definition) is 4. The van der Waals surface area contributed by atoms with Crippen LogP contribution in [-0.2, 0) is 11.3 Å². The molecule has 1 aromatic carbocycles. The van der Waals surface area contributed by atoms with Crippen LogP contribution in [0.2, 0.25) is 5.02 Å². The van der Waals surface area contributed by atoms with E-state index in [1.165, 1.54) is 0 Å². The lowest BCUT2D eigenvalue weighted by molar-refractivity contribution is -0.142. The lowest BCUT2D eigenvalue weighted by Gasteiger charge is -2.18. The maximum Gasteiger partial charge on any atom is 0.320 e. The lowest BCUT2D eigenvalue weighted by Crippen LogP contribution is -2.35. The molecule has 0 bridgehead atoms. The first-order chi connectivity index (χ1) is 9.47. The summed E-state index contributed by atoms with van der Waals surface area (Å²) >= 11 is 5.83. The molecule has 1 N–H and O–H groups in total. The normalized spacial score (nSPS) is 12.6. The largest absolute Gasteiger partial charge is 0.480 e. The second-order valence-electron chi connectivity index (χ2n) is 4.61. The van der Waals surface area contributed by atoms with Gasteiger partial charge >= 0.3 is 5.97 Å². The summed E-state index contributed by atoms with van der Waals surface area (Å²) in [7, 11) is 1.73. The third-order valence-corrected chi connectivity index (χ3v) is 3.37. The first-order valence-corrected chi connectivity index (χ1v) is 6.49. The summed E-state index contributed by atoms with van der Waals surface area (Å²) in [6.45, 7) is 2.01. The molecule has 0 aliphatic carbocycles. The van der Waals surface area contributed by atoms with Crippen LogP contribution >= 0.6 is 11.6 Å². The lowest BCUT2D eigenvalue weighted by atomic mass is 10.1. The highest BCUT2D eigenvalue weighted by molar-refractivity contribution is 6.30. The molecule has 6 heteroatoms. The molecule has 0 radical (unpaired) electrons. The summed E-state index contributed by atoms with van der Waals surface area (Å²) < 4.78 is 5.23. The molecular formula is C14H15ClN2O3. The fraction of sp³-hybridized carbons (Fsp3) is 0.286. The Morgan fingerprint density at radius 2 is 2.10 bits per heavy atom. The second kappa shape index (κ2) is 6.07. The van der Waals surface area contributed by atoms with Crippen molar-refractivity contribution in [3.8, 4) is 11.3 Å². The second-order valence-corrected chi connectivity index (χ2v) is 5.05. The summed E-state index contributed by atoms with van der Waals surface area (Å²) in [5, 5.41) is 13.6. The number of benzene rings is 1. The zero-order valence-corrected chi connectivity index (χ0v) is 12.0. The summed E-state index contributed by atoms with van der Waals surface area (Å²) in [6, 6.07) is 8.49. The zero-order chi connectivity index (χ0) is 14.7. The number of carboxylic acid groups (broad SMARTS) is 1. The minimum atomic E-state index is -0.870. The van der Waals surface area contributed by atoms with E-state index in [0.717, 1.165) is 5.56 Å². The average molecular weight is 295 g/mol. The van der Waals surface area contributed by atoms with Crippen LogP contribution in [0.15, 0.2) is 34.9 Å². The van der Waals surface area contributed by atoms with Gasteiger partial charge in [-0.15, -0.1) is 0 Å². The van der Waals surface area contributed by atoms with Crippen molar-refractivity contribution in [1.82, 2.24) is 10.1 Å².